The van der Waals surface area contributed by atoms with Gasteiger partial charge >= 0.3 is 0 Å². The highest BCUT2D eigenvalue weighted by molar-refractivity contribution is 8.01. The fourth-order valence-electron chi connectivity index (χ4n) is 5.25. The fourth-order valence-corrected chi connectivity index (χ4v) is 6.88. The van der Waals surface area contributed by atoms with Crippen LogP contribution in [0.4, 0.5) is 0 Å². The Labute approximate surface area is 116 Å². The van der Waals surface area contributed by atoms with Gasteiger partial charge in [0.1, 0.15) is 0 Å². The molecule has 2 aliphatic carbocycles. The van der Waals surface area contributed by atoms with Crippen LogP contribution in [0.1, 0.15) is 32.1 Å². The van der Waals surface area contributed by atoms with Crippen LogP contribution in [0, 0.1) is 17.8 Å². The van der Waals surface area contributed by atoms with E-state index < -0.39 is 0 Å². The molecule has 5 aliphatic rings. The summed E-state index contributed by atoms with van der Waals surface area (Å²) in [4.78, 5) is 27.4. The average Bonchev–Trinajstić information content (AvgIpc) is 3.16. The van der Waals surface area contributed by atoms with Gasteiger partial charge in [-0.3, -0.25) is 14.5 Å². The Morgan fingerprint density at radius 2 is 1.63 bits per heavy atom. The van der Waals surface area contributed by atoms with E-state index >= 15 is 0 Å². The van der Waals surface area contributed by atoms with Crippen molar-refractivity contribution < 1.29 is 9.59 Å². The van der Waals surface area contributed by atoms with Crippen LogP contribution in [0.2, 0.25) is 0 Å². The molecule has 2 saturated heterocycles. The number of hydrogen-bond acceptors (Lipinski definition) is 3. The summed E-state index contributed by atoms with van der Waals surface area (Å²) >= 11 is 1.81. The third kappa shape index (κ3) is 1.14. The quantitative estimate of drug-likeness (QED) is 0.542. The molecule has 100 valence electrons. The first-order valence-corrected chi connectivity index (χ1v) is 8.36. The molecular formula is C15H17NO2S. The van der Waals surface area contributed by atoms with Crippen LogP contribution in [0.3, 0.4) is 0 Å². The highest BCUT2D eigenvalue weighted by Gasteiger charge is 2.65. The van der Waals surface area contributed by atoms with E-state index in [0.717, 1.165) is 25.2 Å². The highest BCUT2D eigenvalue weighted by atomic mass is 32.2. The second-order valence-electron chi connectivity index (χ2n) is 6.89. The standard InChI is InChI=1S/C15H17NO2S/c17-13-11-9-1-2-10(19-9)12(11)14(18)16(13)15-5-3-8(7-15)4-6-15/h1-2,8-12H,3-7H2. The zero-order valence-electron chi connectivity index (χ0n) is 10.7. The van der Waals surface area contributed by atoms with Gasteiger partial charge in [0.25, 0.3) is 0 Å². The smallest absolute Gasteiger partial charge is 0.235 e. The van der Waals surface area contributed by atoms with Gasteiger partial charge in [-0.2, -0.15) is 0 Å². The van der Waals surface area contributed by atoms with Gasteiger partial charge < -0.3 is 0 Å². The van der Waals surface area contributed by atoms with E-state index in [-0.39, 0.29) is 39.7 Å². The van der Waals surface area contributed by atoms with Crippen LogP contribution < -0.4 is 0 Å². The second kappa shape index (κ2) is 3.27. The number of nitrogens with zero attached hydrogens (tertiary/aromatic N) is 1. The summed E-state index contributed by atoms with van der Waals surface area (Å²) in [6.45, 7) is 0. The van der Waals surface area contributed by atoms with Crippen LogP contribution in [0.5, 0.6) is 0 Å². The van der Waals surface area contributed by atoms with Gasteiger partial charge in [-0.1, -0.05) is 12.2 Å². The van der Waals surface area contributed by atoms with E-state index in [4.69, 9.17) is 0 Å². The van der Waals surface area contributed by atoms with E-state index in [9.17, 15) is 9.59 Å². The number of fused-ring (bicyclic) bond motifs is 7. The van der Waals surface area contributed by atoms with E-state index in [1.54, 1.807) is 4.90 Å². The van der Waals surface area contributed by atoms with E-state index in [0.29, 0.717) is 0 Å². The van der Waals surface area contributed by atoms with Crippen LogP contribution in [0.15, 0.2) is 12.2 Å². The molecule has 3 nitrogen and oxygen atoms in total. The molecule has 0 aromatic carbocycles. The zero-order chi connectivity index (χ0) is 12.8. The summed E-state index contributed by atoms with van der Waals surface area (Å²) in [7, 11) is 0. The molecule has 0 aromatic rings. The van der Waals surface area contributed by atoms with Crippen LogP contribution in [-0.4, -0.2) is 32.8 Å². The predicted octanol–water partition coefficient (Wildman–Crippen LogP) is 1.97. The number of likely N-dealkylation sites (tertiary alicyclic amines) is 1. The zero-order valence-corrected chi connectivity index (χ0v) is 11.6. The normalized spacial score (nSPS) is 53.7. The molecular weight excluding hydrogens is 258 g/mol. The monoisotopic (exact) mass is 275 g/mol. The van der Waals surface area contributed by atoms with Crippen LogP contribution >= 0.6 is 11.8 Å². The maximum absolute atomic E-state index is 12.8. The molecule has 4 bridgehead atoms. The Morgan fingerprint density at radius 1 is 1.05 bits per heavy atom. The number of rotatable bonds is 1. The summed E-state index contributed by atoms with van der Waals surface area (Å²) in [5, 5.41) is 0.540. The molecule has 3 heterocycles. The lowest BCUT2D eigenvalue weighted by molar-refractivity contribution is -0.147. The van der Waals surface area contributed by atoms with Crippen molar-refractivity contribution in [3.63, 3.8) is 0 Å². The molecule has 0 aromatic heterocycles. The van der Waals surface area contributed by atoms with Gasteiger partial charge in [0, 0.05) is 10.5 Å². The Hall–Kier alpha value is -0.770. The molecule has 4 fully saturated rings. The minimum atomic E-state index is -0.0761. The Balaban J connectivity index is 1.56. The third-order valence-electron chi connectivity index (χ3n) is 6.09. The van der Waals surface area contributed by atoms with Gasteiger partial charge in [-0.05, 0) is 38.0 Å². The van der Waals surface area contributed by atoms with Crippen molar-refractivity contribution in [2.45, 2.75) is 48.1 Å². The average molecular weight is 275 g/mol. The van der Waals surface area contributed by atoms with Gasteiger partial charge in [0.15, 0.2) is 0 Å². The molecule has 0 radical (unpaired) electrons. The van der Waals surface area contributed by atoms with Crippen LogP contribution in [-0.2, 0) is 9.59 Å². The maximum Gasteiger partial charge on any atom is 0.235 e. The van der Waals surface area contributed by atoms with Crippen molar-refractivity contribution in [2.75, 3.05) is 0 Å². The minimum Gasteiger partial charge on any atom is -0.276 e. The summed E-state index contributed by atoms with van der Waals surface area (Å²) in [6.07, 6.45) is 9.93. The van der Waals surface area contributed by atoms with Crippen molar-refractivity contribution in [3.8, 4) is 0 Å². The topological polar surface area (TPSA) is 37.4 Å². The molecule has 2 saturated carbocycles. The maximum atomic E-state index is 12.8. The molecule has 4 heteroatoms. The predicted molar refractivity (Wildman–Crippen MR) is 72.4 cm³/mol. The third-order valence-corrected chi connectivity index (χ3v) is 7.62. The number of amides is 2. The molecule has 0 spiro atoms. The summed E-state index contributed by atoms with van der Waals surface area (Å²) in [5.74, 6) is 0.997. The number of imide groups is 1. The highest BCUT2D eigenvalue weighted by Crippen LogP contribution is 2.58. The Morgan fingerprint density at radius 3 is 2.11 bits per heavy atom. The van der Waals surface area contributed by atoms with Gasteiger partial charge in [-0.25, -0.2) is 0 Å². The lowest BCUT2D eigenvalue weighted by Crippen LogP contribution is -2.50. The number of carbonyl (C=O) groups is 2. The molecule has 3 aliphatic heterocycles. The minimum absolute atomic E-state index is 0.0403. The number of thioether (sulfide) groups is 1. The first-order valence-electron chi connectivity index (χ1n) is 7.41. The van der Waals surface area contributed by atoms with Crippen molar-refractivity contribution >= 4 is 23.6 Å². The molecule has 5 rings (SSSR count). The molecule has 19 heavy (non-hydrogen) atoms. The van der Waals surface area contributed by atoms with Crippen LogP contribution in [0.25, 0.3) is 0 Å². The first kappa shape index (κ1) is 11.0. The van der Waals surface area contributed by atoms with Gasteiger partial charge in [0.2, 0.25) is 11.8 Å². The number of carbonyl (C=O) groups excluding carboxylic acids is 2. The lowest BCUT2D eigenvalue weighted by Gasteiger charge is -2.36. The summed E-state index contributed by atoms with van der Waals surface area (Å²) in [5.41, 5.74) is -0.0761. The Bertz CT molecular complexity index is 490. The van der Waals surface area contributed by atoms with Crippen molar-refractivity contribution in [2.24, 2.45) is 17.8 Å². The first-order chi connectivity index (χ1) is 9.20. The van der Waals surface area contributed by atoms with Crippen molar-refractivity contribution in [3.05, 3.63) is 12.2 Å². The second-order valence-corrected chi connectivity index (χ2v) is 8.25. The fraction of sp³-hybridized carbons (Fsp3) is 0.733. The lowest BCUT2D eigenvalue weighted by atomic mass is 9.85. The largest absolute Gasteiger partial charge is 0.276 e. The Kier molecular flexibility index (Phi) is 1.89. The molecule has 2 amide bonds. The van der Waals surface area contributed by atoms with Crippen molar-refractivity contribution in [1.82, 2.24) is 4.90 Å². The number of hydrogen-bond donors (Lipinski definition) is 0. The SMILES string of the molecule is O=C1C2C3C=CC(S3)C2C(=O)N1C12CCC(CC1)C2. The molecule has 0 N–H and O–H groups in total. The molecule has 4 atom stereocenters. The van der Waals surface area contributed by atoms with Gasteiger partial charge in [-0.15, -0.1) is 11.8 Å². The summed E-state index contributed by atoms with van der Waals surface area (Å²) < 4.78 is 0. The van der Waals surface area contributed by atoms with E-state index in [1.165, 1.54) is 12.8 Å². The van der Waals surface area contributed by atoms with Crippen molar-refractivity contribution in [1.29, 1.82) is 0 Å². The van der Waals surface area contributed by atoms with E-state index in [1.807, 2.05) is 11.8 Å². The molecule has 4 unspecified atom stereocenters. The summed E-state index contributed by atoms with van der Waals surface area (Å²) in [6, 6.07) is 0. The van der Waals surface area contributed by atoms with E-state index in [2.05, 4.69) is 12.2 Å². The van der Waals surface area contributed by atoms with Gasteiger partial charge in [0.05, 0.1) is 17.4 Å².